The van der Waals surface area contributed by atoms with Crippen molar-refractivity contribution in [3.05, 3.63) is 60.8 Å². The van der Waals surface area contributed by atoms with E-state index in [2.05, 4.69) is 20.3 Å². The molecule has 0 aliphatic heterocycles. The lowest BCUT2D eigenvalue weighted by Gasteiger charge is -2.15. The van der Waals surface area contributed by atoms with Crippen molar-refractivity contribution in [2.45, 2.75) is 44.7 Å². The number of rotatable bonds is 8. The van der Waals surface area contributed by atoms with E-state index in [1.807, 2.05) is 0 Å². The second-order valence-corrected chi connectivity index (χ2v) is 12.0. The molecule has 0 spiro atoms. The molecular formula is C21H21FN6O5S2. The molecule has 5 rings (SSSR count). The van der Waals surface area contributed by atoms with Crippen LogP contribution in [0, 0.1) is 19.3 Å². The third-order valence-corrected chi connectivity index (χ3v) is 8.81. The number of aromatic nitrogens is 6. The van der Waals surface area contributed by atoms with E-state index < -0.39 is 33.2 Å². The fraction of sp³-hybridized carbons (Fsp3) is 0.429. The van der Waals surface area contributed by atoms with E-state index in [4.69, 9.17) is 4.52 Å². The van der Waals surface area contributed by atoms with Crippen molar-refractivity contribution in [2.75, 3.05) is 12.4 Å². The fourth-order valence-electron chi connectivity index (χ4n) is 3.95. The number of alkyl halides is 1. The molecule has 0 unspecified atom stereocenters. The number of sulfone groups is 1. The second-order valence-electron chi connectivity index (χ2n) is 8.78. The Morgan fingerprint density at radius 2 is 1.91 bits per heavy atom. The fourth-order valence-corrected chi connectivity index (χ4v) is 6.56. The molecule has 1 aliphatic carbocycles. The molecule has 0 bridgehead atoms. The van der Waals surface area contributed by atoms with Crippen LogP contribution in [0.2, 0.25) is 0 Å². The topological polar surface area (TPSA) is 143 Å². The van der Waals surface area contributed by atoms with E-state index in [1.54, 1.807) is 13.8 Å². The number of benzene rings is 1. The van der Waals surface area contributed by atoms with Gasteiger partial charge in [0, 0.05) is 12.3 Å². The van der Waals surface area contributed by atoms with Crippen LogP contribution in [0.3, 0.4) is 0 Å². The zero-order valence-corrected chi connectivity index (χ0v) is 20.5. The number of fused-ring (bicyclic) bond motifs is 1. The smallest absolute Gasteiger partial charge is 0.332 e. The average Bonchev–Trinajstić information content (AvgIpc) is 3.26. The van der Waals surface area contributed by atoms with Crippen LogP contribution in [0.25, 0.3) is 10.9 Å². The van der Waals surface area contributed by atoms with Gasteiger partial charge in [0.05, 0.1) is 41.3 Å². The van der Waals surface area contributed by atoms with Crippen molar-refractivity contribution in [1.29, 1.82) is 0 Å². The highest BCUT2D eigenvalue weighted by Crippen LogP contribution is 2.47. The van der Waals surface area contributed by atoms with Gasteiger partial charge in [0.2, 0.25) is 5.89 Å². The molecule has 0 saturated heterocycles. The van der Waals surface area contributed by atoms with Crippen LogP contribution in [0.4, 0.5) is 4.39 Å². The van der Waals surface area contributed by atoms with Crippen LogP contribution in [0.5, 0.6) is 0 Å². The Bertz CT molecular complexity index is 1670. The van der Waals surface area contributed by atoms with Crippen LogP contribution >= 0.6 is 11.3 Å². The summed E-state index contributed by atoms with van der Waals surface area (Å²) in [7, 11) is -3.86. The summed E-state index contributed by atoms with van der Waals surface area (Å²) in [6.45, 7) is 2.42. The minimum Gasteiger partial charge on any atom is -0.340 e. The lowest BCUT2D eigenvalue weighted by atomic mass is 10.2. The largest absolute Gasteiger partial charge is 0.340 e. The van der Waals surface area contributed by atoms with Crippen LogP contribution in [0.15, 0.2) is 37.2 Å². The van der Waals surface area contributed by atoms with Crippen molar-refractivity contribution in [1.82, 2.24) is 29.5 Å². The highest BCUT2D eigenvalue weighted by Gasteiger charge is 2.46. The Morgan fingerprint density at radius 1 is 1.14 bits per heavy atom. The normalized spacial score (nSPS) is 15.1. The van der Waals surface area contributed by atoms with Gasteiger partial charge in [0.1, 0.15) is 10.0 Å². The molecule has 3 aromatic heterocycles. The molecule has 35 heavy (non-hydrogen) atoms. The maximum absolute atomic E-state index is 13.4. The number of aryl methyl sites for hydroxylation is 2. The number of nitrogens with zero attached hydrogens (tertiary/aromatic N) is 6. The van der Waals surface area contributed by atoms with Crippen LogP contribution in [-0.4, -0.2) is 50.3 Å². The molecule has 3 heterocycles. The summed E-state index contributed by atoms with van der Waals surface area (Å²) in [5, 5.41) is 12.9. The van der Waals surface area contributed by atoms with Gasteiger partial charge in [-0.05, 0) is 38.0 Å². The Morgan fingerprint density at radius 3 is 2.51 bits per heavy atom. The summed E-state index contributed by atoms with van der Waals surface area (Å²) in [6.07, 6.45) is 1.02. The monoisotopic (exact) mass is 520 g/mol. The van der Waals surface area contributed by atoms with Gasteiger partial charge in [0.15, 0.2) is 15.7 Å². The SMILES string of the molecule is Cc1nc(Cn2c(=O)n(Cc3nnc(C)s3)c(=O)c3cc(S(=O)(=O)CC4(CF)CC4)ccc32)no1. The first-order valence-corrected chi connectivity index (χ1v) is 13.2. The van der Waals surface area contributed by atoms with Crippen molar-refractivity contribution < 1.29 is 17.3 Å². The molecule has 14 heteroatoms. The second kappa shape index (κ2) is 8.45. The molecule has 0 N–H and O–H groups in total. The van der Waals surface area contributed by atoms with Crippen molar-refractivity contribution >= 4 is 32.1 Å². The maximum atomic E-state index is 13.4. The Labute approximate surface area is 202 Å². The molecule has 1 aromatic carbocycles. The number of halogens is 1. The summed E-state index contributed by atoms with van der Waals surface area (Å²) in [5.41, 5.74) is -1.93. The predicted octanol–water partition coefficient (Wildman–Crippen LogP) is 1.63. The summed E-state index contributed by atoms with van der Waals surface area (Å²) in [5.74, 6) is 0.200. The third-order valence-electron chi connectivity index (χ3n) is 6.02. The molecule has 1 saturated carbocycles. The predicted molar refractivity (Wildman–Crippen MR) is 124 cm³/mol. The zero-order valence-electron chi connectivity index (χ0n) is 18.9. The van der Waals surface area contributed by atoms with Gasteiger partial charge in [-0.15, -0.1) is 10.2 Å². The van der Waals surface area contributed by atoms with E-state index in [1.165, 1.54) is 34.1 Å². The Kier molecular flexibility index (Phi) is 5.67. The van der Waals surface area contributed by atoms with E-state index in [0.717, 1.165) is 4.57 Å². The average molecular weight is 521 g/mol. The molecule has 184 valence electrons. The Hall–Kier alpha value is -3.26. The highest BCUT2D eigenvalue weighted by atomic mass is 32.2. The lowest BCUT2D eigenvalue weighted by molar-refractivity contribution is 0.367. The summed E-state index contributed by atoms with van der Waals surface area (Å²) in [4.78, 5) is 30.8. The van der Waals surface area contributed by atoms with Gasteiger partial charge in [-0.3, -0.25) is 18.3 Å². The summed E-state index contributed by atoms with van der Waals surface area (Å²) < 4.78 is 46.7. The number of hydrogen-bond donors (Lipinski definition) is 0. The molecule has 1 aliphatic rings. The van der Waals surface area contributed by atoms with Gasteiger partial charge in [-0.1, -0.05) is 16.5 Å². The van der Waals surface area contributed by atoms with Gasteiger partial charge >= 0.3 is 5.69 Å². The number of hydrogen-bond acceptors (Lipinski definition) is 10. The van der Waals surface area contributed by atoms with Crippen LogP contribution < -0.4 is 11.2 Å². The molecule has 0 atom stereocenters. The zero-order chi connectivity index (χ0) is 25.0. The Balaban J connectivity index is 1.68. The molecule has 0 radical (unpaired) electrons. The summed E-state index contributed by atoms with van der Waals surface area (Å²) in [6, 6.07) is 3.99. The first-order valence-electron chi connectivity index (χ1n) is 10.8. The standard InChI is InChI=1S/C21H21FN6O5S2/c1-12-23-17(26-33-12)8-27-16-4-3-14(35(31,32)11-21(10-22)5-6-21)7-15(16)19(29)28(20(27)30)9-18-25-24-13(2)34-18/h3-4,7H,5-6,8-11H2,1-2H3. The minimum absolute atomic E-state index is 0.0252. The summed E-state index contributed by atoms with van der Waals surface area (Å²) >= 11 is 1.24. The third kappa shape index (κ3) is 4.43. The van der Waals surface area contributed by atoms with Crippen molar-refractivity contribution in [2.24, 2.45) is 5.41 Å². The van der Waals surface area contributed by atoms with E-state index in [0.29, 0.717) is 28.7 Å². The quantitative estimate of drug-likeness (QED) is 0.339. The van der Waals surface area contributed by atoms with Gasteiger partial charge < -0.3 is 4.52 Å². The van der Waals surface area contributed by atoms with Crippen molar-refractivity contribution in [3.8, 4) is 0 Å². The van der Waals surface area contributed by atoms with Gasteiger partial charge in [-0.2, -0.15) is 4.98 Å². The van der Waals surface area contributed by atoms with E-state index in [-0.39, 0.29) is 40.5 Å². The van der Waals surface area contributed by atoms with Gasteiger partial charge in [0.25, 0.3) is 5.56 Å². The molecule has 1 fully saturated rings. The lowest BCUT2D eigenvalue weighted by Crippen LogP contribution is -2.40. The minimum atomic E-state index is -3.86. The highest BCUT2D eigenvalue weighted by molar-refractivity contribution is 7.91. The molecular weight excluding hydrogens is 499 g/mol. The first-order chi connectivity index (χ1) is 16.6. The van der Waals surface area contributed by atoms with Crippen LogP contribution in [0.1, 0.15) is 34.6 Å². The van der Waals surface area contributed by atoms with Crippen molar-refractivity contribution in [3.63, 3.8) is 0 Å². The maximum Gasteiger partial charge on any atom is 0.332 e. The molecule has 0 amide bonds. The van der Waals surface area contributed by atoms with Crippen LogP contribution in [-0.2, 0) is 22.9 Å². The van der Waals surface area contributed by atoms with E-state index >= 15 is 0 Å². The first kappa shape index (κ1) is 23.5. The molecule has 11 nitrogen and oxygen atoms in total. The van der Waals surface area contributed by atoms with E-state index in [9.17, 15) is 22.4 Å². The van der Waals surface area contributed by atoms with Gasteiger partial charge in [-0.25, -0.2) is 13.2 Å². The molecule has 4 aromatic rings.